The topological polar surface area (TPSA) is 49.4 Å². The Kier molecular flexibility index (Phi) is 6.57. The molecule has 1 aromatic carbocycles. The van der Waals surface area contributed by atoms with Crippen molar-refractivity contribution in [2.45, 2.75) is 11.3 Å². The molecular weight excluding hydrogens is 304 g/mol. The van der Waals surface area contributed by atoms with E-state index < -0.39 is 10.8 Å². The second kappa shape index (κ2) is 8.44. The quantitative estimate of drug-likeness (QED) is 0.815. The first-order valence-electron chi connectivity index (χ1n) is 7.16. The lowest BCUT2D eigenvalue weighted by molar-refractivity contribution is 0.208. The second-order valence-electron chi connectivity index (χ2n) is 5.23. The van der Waals surface area contributed by atoms with Gasteiger partial charge in [-0.05, 0) is 24.5 Å². The van der Waals surface area contributed by atoms with Gasteiger partial charge in [0, 0.05) is 53.1 Å². The molecule has 1 aliphatic heterocycles. The molecule has 0 aliphatic carbocycles. The number of carbonyl (C=O) groups excluding carboxylic acids is 1. The number of thioether (sulfide) groups is 1. The van der Waals surface area contributed by atoms with E-state index in [-0.39, 0.29) is 6.03 Å². The summed E-state index contributed by atoms with van der Waals surface area (Å²) in [5, 5.41) is 2.84. The first-order chi connectivity index (χ1) is 10.1. The van der Waals surface area contributed by atoms with Gasteiger partial charge in [0.15, 0.2) is 0 Å². The number of amides is 2. The lowest BCUT2D eigenvalue weighted by Gasteiger charge is -2.17. The molecule has 0 unspecified atom stereocenters. The molecule has 0 bridgehead atoms. The fraction of sp³-hybridized carbons (Fsp3) is 0.533. The molecule has 4 nitrogen and oxygen atoms in total. The molecule has 1 fully saturated rings. The first-order valence-corrected chi connectivity index (χ1v) is 9.87. The number of likely N-dealkylation sites (tertiary alicyclic amines) is 1. The first kappa shape index (κ1) is 16.4. The highest BCUT2D eigenvalue weighted by atomic mass is 32.2. The van der Waals surface area contributed by atoms with Gasteiger partial charge in [-0.3, -0.25) is 4.21 Å². The molecule has 0 radical (unpaired) electrons. The lowest BCUT2D eigenvalue weighted by Crippen LogP contribution is -2.40. The summed E-state index contributed by atoms with van der Waals surface area (Å²) in [5.74, 6) is 2.13. The van der Waals surface area contributed by atoms with Gasteiger partial charge >= 0.3 is 6.03 Å². The van der Waals surface area contributed by atoms with Crippen molar-refractivity contribution in [2.24, 2.45) is 5.92 Å². The monoisotopic (exact) mass is 326 g/mol. The maximum absolute atomic E-state index is 12.0. The van der Waals surface area contributed by atoms with Crippen LogP contribution in [0.5, 0.6) is 0 Å². The van der Waals surface area contributed by atoms with Gasteiger partial charge in [0.25, 0.3) is 0 Å². The molecule has 2 amide bonds. The minimum absolute atomic E-state index is 0.0207. The smallest absolute Gasteiger partial charge is 0.317 e. The van der Waals surface area contributed by atoms with Crippen LogP contribution in [-0.2, 0) is 10.8 Å². The zero-order chi connectivity index (χ0) is 15.1. The highest BCUT2D eigenvalue weighted by Crippen LogP contribution is 2.25. The number of carbonyl (C=O) groups is 1. The van der Waals surface area contributed by atoms with Crippen LogP contribution in [0.4, 0.5) is 4.79 Å². The maximum atomic E-state index is 12.0. The second-order valence-corrected chi connectivity index (χ2v) is 7.88. The number of benzene rings is 1. The van der Waals surface area contributed by atoms with Crippen LogP contribution in [0.1, 0.15) is 6.42 Å². The van der Waals surface area contributed by atoms with Gasteiger partial charge in [-0.25, -0.2) is 4.79 Å². The lowest BCUT2D eigenvalue weighted by atomic mass is 10.2. The van der Waals surface area contributed by atoms with Crippen molar-refractivity contribution in [3.05, 3.63) is 30.3 Å². The Bertz CT molecular complexity index is 482. The molecule has 1 heterocycles. The van der Waals surface area contributed by atoms with Crippen LogP contribution in [0.3, 0.4) is 0 Å². The van der Waals surface area contributed by atoms with E-state index in [1.807, 2.05) is 22.7 Å². The standard InChI is InChI=1S/C15H22N2O2S2/c1-21(19)10-8-16-15(18)17-9-7-13(11-17)12-20-14-5-3-2-4-6-14/h2-6,13H,7-12H2,1H3,(H,16,18)/t13-,21+/m0/s1. The van der Waals surface area contributed by atoms with Crippen molar-refractivity contribution in [1.82, 2.24) is 10.2 Å². The van der Waals surface area contributed by atoms with Crippen LogP contribution < -0.4 is 5.32 Å². The Hall–Kier alpha value is -1.01. The van der Waals surface area contributed by atoms with Crippen LogP contribution in [0.15, 0.2) is 35.2 Å². The number of rotatable bonds is 6. The summed E-state index contributed by atoms with van der Waals surface area (Å²) in [7, 11) is -0.851. The third kappa shape index (κ3) is 5.71. The van der Waals surface area contributed by atoms with E-state index in [9.17, 15) is 9.00 Å². The molecule has 0 saturated carbocycles. The Morgan fingerprint density at radius 1 is 1.43 bits per heavy atom. The van der Waals surface area contributed by atoms with Gasteiger partial charge in [0.2, 0.25) is 0 Å². The number of nitrogens with zero attached hydrogens (tertiary/aromatic N) is 1. The Morgan fingerprint density at radius 2 is 2.19 bits per heavy atom. The Balaban J connectivity index is 1.68. The minimum atomic E-state index is -0.851. The van der Waals surface area contributed by atoms with Crippen LogP contribution >= 0.6 is 11.8 Å². The molecule has 0 spiro atoms. The summed E-state index contributed by atoms with van der Waals surface area (Å²) in [6.07, 6.45) is 2.71. The van der Waals surface area contributed by atoms with Crippen LogP contribution in [0.2, 0.25) is 0 Å². The Morgan fingerprint density at radius 3 is 2.90 bits per heavy atom. The van der Waals surface area contributed by atoms with Gasteiger partial charge in [0.05, 0.1) is 0 Å². The maximum Gasteiger partial charge on any atom is 0.317 e. The number of urea groups is 1. The molecule has 1 saturated heterocycles. The molecule has 1 aromatic rings. The summed E-state index contributed by atoms with van der Waals surface area (Å²) in [6, 6.07) is 10.3. The van der Waals surface area contributed by atoms with E-state index in [4.69, 9.17) is 0 Å². The molecule has 0 aromatic heterocycles. The molecule has 21 heavy (non-hydrogen) atoms. The van der Waals surface area contributed by atoms with E-state index in [2.05, 4.69) is 29.6 Å². The number of nitrogens with one attached hydrogen (secondary N) is 1. The van der Waals surface area contributed by atoms with E-state index in [1.165, 1.54) is 4.90 Å². The van der Waals surface area contributed by atoms with E-state index in [0.29, 0.717) is 18.2 Å². The van der Waals surface area contributed by atoms with Gasteiger partial charge in [0.1, 0.15) is 0 Å². The van der Waals surface area contributed by atoms with Crippen molar-refractivity contribution in [1.29, 1.82) is 0 Å². The predicted molar refractivity (Wildman–Crippen MR) is 89.2 cm³/mol. The summed E-state index contributed by atoms with van der Waals surface area (Å²) in [5.41, 5.74) is 0. The van der Waals surface area contributed by atoms with Crippen LogP contribution in [-0.4, -0.2) is 52.5 Å². The number of hydrogen-bond donors (Lipinski definition) is 1. The largest absolute Gasteiger partial charge is 0.337 e. The zero-order valence-electron chi connectivity index (χ0n) is 12.3. The average molecular weight is 326 g/mol. The zero-order valence-corrected chi connectivity index (χ0v) is 13.9. The van der Waals surface area contributed by atoms with Crippen molar-refractivity contribution >= 4 is 28.6 Å². The molecule has 6 heteroatoms. The summed E-state index contributed by atoms with van der Waals surface area (Å²) >= 11 is 1.85. The highest BCUT2D eigenvalue weighted by molar-refractivity contribution is 7.99. The van der Waals surface area contributed by atoms with Gasteiger partial charge in [-0.2, -0.15) is 0 Å². The van der Waals surface area contributed by atoms with Crippen LogP contribution in [0.25, 0.3) is 0 Å². The Labute approximate surface area is 133 Å². The molecular formula is C15H22N2O2S2. The number of hydrogen-bond acceptors (Lipinski definition) is 3. The van der Waals surface area contributed by atoms with Gasteiger partial charge in [-0.15, -0.1) is 11.8 Å². The minimum Gasteiger partial charge on any atom is -0.337 e. The van der Waals surface area contributed by atoms with Gasteiger partial charge in [-0.1, -0.05) is 18.2 Å². The third-order valence-corrected chi connectivity index (χ3v) is 5.49. The normalized spacial score (nSPS) is 19.5. The third-order valence-electron chi connectivity index (χ3n) is 3.47. The van der Waals surface area contributed by atoms with E-state index in [0.717, 1.165) is 25.3 Å². The summed E-state index contributed by atoms with van der Waals surface area (Å²) in [6.45, 7) is 2.13. The molecule has 116 valence electrons. The SMILES string of the molecule is C[S@@](=O)CCNC(=O)N1CC[C@H](CSc2ccccc2)C1. The fourth-order valence-corrected chi connectivity index (χ4v) is 3.74. The molecule has 1 N–H and O–H groups in total. The molecule has 1 aliphatic rings. The fourth-order valence-electron chi connectivity index (χ4n) is 2.30. The summed E-state index contributed by atoms with van der Waals surface area (Å²) in [4.78, 5) is 15.1. The molecule has 2 atom stereocenters. The van der Waals surface area contributed by atoms with Crippen molar-refractivity contribution < 1.29 is 9.00 Å². The summed E-state index contributed by atoms with van der Waals surface area (Å²) < 4.78 is 11.0. The predicted octanol–water partition coefficient (Wildman–Crippen LogP) is 2.19. The van der Waals surface area contributed by atoms with E-state index in [1.54, 1.807) is 6.26 Å². The van der Waals surface area contributed by atoms with Crippen molar-refractivity contribution in [3.8, 4) is 0 Å². The van der Waals surface area contributed by atoms with Crippen molar-refractivity contribution in [3.63, 3.8) is 0 Å². The van der Waals surface area contributed by atoms with E-state index >= 15 is 0 Å². The van der Waals surface area contributed by atoms with Crippen LogP contribution in [0, 0.1) is 5.92 Å². The average Bonchev–Trinajstić information content (AvgIpc) is 2.95. The molecule has 2 rings (SSSR count). The highest BCUT2D eigenvalue weighted by Gasteiger charge is 2.25. The van der Waals surface area contributed by atoms with Crippen molar-refractivity contribution in [2.75, 3.05) is 37.4 Å². The van der Waals surface area contributed by atoms with Gasteiger partial charge < -0.3 is 10.2 Å².